The molecule has 5 aliphatic rings. The van der Waals surface area contributed by atoms with Crippen LogP contribution in [0.15, 0.2) is 126 Å². The third kappa shape index (κ3) is 4.01. The highest BCUT2D eigenvalue weighted by molar-refractivity contribution is 8.00. The molecule has 0 N–H and O–H groups in total. The van der Waals surface area contributed by atoms with Gasteiger partial charge in [-0.05, 0) is 41.5 Å². The van der Waals surface area contributed by atoms with E-state index in [9.17, 15) is 0 Å². The van der Waals surface area contributed by atoms with Crippen molar-refractivity contribution >= 4 is 17.3 Å². The molecule has 0 bridgehead atoms. The van der Waals surface area contributed by atoms with Gasteiger partial charge in [0.2, 0.25) is 0 Å². The molecule has 210 valence electrons. The van der Waals surface area contributed by atoms with Crippen molar-refractivity contribution in [2.45, 2.75) is 65.9 Å². The topological polar surface area (TPSA) is 25.8 Å². The summed E-state index contributed by atoms with van der Waals surface area (Å²) in [6.45, 7) is 0. The van der Waals surface area contributed by atoms with Crippen molar-refractivity contribution < 1.29 is 0 Å². The lowest BCUT2D eigenvalue weighted by Crippen LogP contribution is -2.30. The van der Waals surface area contributed by atoms with E-state index >= 15 is 0 Å². The molecule has 2 heterocycles. The molecular formula is C40H34N2S. The molecule has 0 saturated heterocycles. The van der Waals surface area contributed by atoms with Gasteiger partial charge in [-0.1, -0.05) is 140 Å². The standard InChI is InChI=1S/C40H34N2S/c1-3-11-28(12-4-1)39-41-36(38-37(42-39)32-14-6-8-16-35(32)43-38)27-19-17-26(18-20-27)29-21-22-31-30-13-5-7-15-33(30)40(34(31)25-29)23-9-2-10-24-40/h1,3-8,11-22,29,32,35H,2,9-10,23-25H2. The summed E-state index contributed by atoms with van der Waals surface area (Å²) in [7, 11) is 0. The molecule has 9 rings (SSSR count). The number of fused-ring (bicyclic) bond motifs is 7. The van der Waals surface area contributed by atoms with Crippen molar-refractivity contribution in [2.24, 2.45) is 0 Å². The average molecular weight is 575 g/mol. The van der Waals surface area contributed by atoms with Gasteiger partial charge in [0.1, 0.15) is 0 Å². The van der Waals surface area contributed by atoms with Crippen LogP contribution in [0.2, 0.25) is 0 Å². The van der Waals surface area contributed by atoms with E-state index in [0.717, 1.165) is 29.2 Å². The van der Waals surface area contributed by atoms with E-state index in [-0.39, 0.29) is 5.41 Å². The fraction of sp³-hybridized carbons (Fsp3) is 0.250. The highest BCUT2D eigenvalue weighted by atomic mass is 32.2. The molecule has 0 radical (unpaired) electrons. The molecule has 2 nitrogen and oxygen atoms in total. The maximum Gasteiger partial charge on any atom is 0.160 e. The van der Waals surface area contributed by atoms with Crippen LogP contribution in [0.3, 0.4) is 0 Å². The quantitative estimate of drug-likeness (QED) is 0.243. The Morgan fingerprint density at radius 2 is 1.51 bits per heavy atom. The summed E-state index contributed by atoms with van der Waals surface area (Å²) in [5, 5.41) is 0.385. The predicted octanol–water partition coefficient (Wildman–Crippen LogP) is 10.2. The third-order valence-corrected chi connectivity index (χ3v) is 11.8. The Morgan fingerprint density at radius 3 is 2.37 bits per heavy atom. The zero-order valence-electron chi connectivity index (χ0n) is 24.2. The first-order chi connectivity index (χ1) is 21.3. The van der Waals surface area contributed by atoms with Gasteiger partial charge < -0.3 is 0 Å². The summed E-state index contributed by atoms with van der Waals surface area (Å²) in [6, 6.07) is 29.0. The second kappa shape index (κ2) is 10.1. The van der Waals surface area contributed by atoms with Gasteiger partial charge in [0, 0.05) is 33.6 Å². The molecule has 3 aromatic carbocycles. The average Bonchev–Trinajstić information content (AvgIpc) is 3.59. The minimum absolute atomic E-state index is 0.249. The Kier molecular flexibility index (Phi) is 5.98. The van der Waals surface area contributed by atoms with E-state index in [2.05, 4.69) is 115 Å². The van der Waals surface area contributed by atoms with E-state index in [1.165, 1.54) is 59.3 Å². The number of rotatable bonds is 3. The Morgan fingerprint density at radius 1 is 0.721 bits per heavy atom. The van der Waals surface area contributed by atoms with Crippen LogP contribution in [0, 0.1) is 0 Å². The Bertz CT molecular complexity index is 1850. The van der Waals surface area contributed by atoms with Crippen LogP contribution < -0.4 is 0 Å². The predicted molar refractivity (Wildman–Crippen MR) is 178 cm³/mol. The zero-order valence-corrected chi connectivity index (χ0v) is 25.1. The first kappa shape index (κ1) is 25.5. The van der Waals surface area contributed by atoms with Crippen molar-refractivity contribution in [3.63, 3.8) is 0 Å². The largest absolute Gasteiger partial charge is 0.231 e. The van der Waals surface area contributed by atoms with Crippen LogP contribution in [0.4, 0.5) is 0 Å². The number of benzene rings is 3. The first-order valence-corrected chi connectivity index (χ1v) is 16.8. The molecule has 4 aromatic rings. The summed E-state index contributed by atoms with van der Waals surface area (Å²) in [4.78, 5) is 11.6. The maximum atomic E-state index is 5.21. The molecule has 3 unspecified atom stereocenters. The van der Waals surface area contributed by atoms with Crippen LogP contribution >= 0.6 is 11.8 Å². The van der Waals surface area contributed by atoms with Crippen molar-refractivity contribution in [3.8, 4) is 22.6 Å². The van der Waals surface area contributed by atoms with Crippen LogP contribution in [0.25, 0.3) is 28.2 Å². The minimum Gasteiger partial charge on any atom is -0.231 e. The van der Waals surface area contributed by atoms with Gasteiger partial charge in [-0.3, -0.25) is 0 Å². The highest BCUT2D eigenvalue weighted by Crippen LogP contribution is 2.58. The number of hydrogen-bond donors (Lipinski definition) is 0. The molecule has 43 heavy (non-hydrogen) atoms. The lowest BCUT2D eigenvalue weighted by molar-refractivity contribution is 0.336. The molecule has 3 heteroatoms. The SMILES string of the molecule is C1=CC2Sc3c(-c4ccc(C5C=CC6=C(C5)C5(CCCCC5)c5ccccc56)cc4)nc(-c4ccccc4)nc3C2C=C1. The van der Waals surface area contributed by atoms with Gasteiger partial charge >= 0.3 is 0 Å². The molecule has 3 atom stereocenters. The van der Waals surface area contributed by atoms with Gasteiger partial charge in [0.05, 0.1) is 16.3 Å². The van der Waals surface area contributed by atoms with Crippen molar-refractivity contribution in [3.05, 3.63) is 143 Å². The summed E-state index contributed by atoms with van der Waals surface area (Å²) >= 11 is 1.91. The number of aromatic nitrogens is 2. The lowest BCUT2D eigenvalue weighted by Gasteiger charge is -2.39. The fourth-order valence-electron chi connectivity index (χ4n) is 8.36. The summed E-state index contributed by atoms with van der Waals surface area (Å²) in [6.07, 6.45) is 21.6. The lowest BCUT2D eigenvalue weighted by atomic mass is 9.64. The van der Waals surface area contributed by atoms with Crippen LogP contribution in [0.1, 0.15) is 72.7 Å². The molecule has 1 aromatic heterocycles. The number of nitrogens with zero attached hydrogens (tertiary/aromatic N) is 2. The molecule has 1 spiro atoms. The third-order valence-electron chi connectivity index (χ3n) is 10.5. The fourth-order valence-corrected chi connectivity index (χ4v) is 9.75. The van der Waals surface area contributed by atoms with Crippen LogP contribution in [-0.2, 0) is 5.41 Å². The Hall–Kier alpha value is -3.95. The number of thioether (sulfide) groups is 1. The van der Waals surface area contributed by atoms with E-state index in [1.807, 2.05) is 11.8 Å². The van der Waals surface area contributed by atoms with Crippen LogP contribution in [0.5, 0.6) is 0 Å². The van der Waals surface area contributed by atoms with Crippen molar-refractivity contribution in [1.82, 2.24) is 9.97 Å². The second-order valence-corrected chi connectivity index (χ2v) is 13.9. The smallest absolute Gasteiger partial charge is 0.160 e. The van der Waals surface area contributed by atoms with Gasteiger partial charge in [0.15, 0.2) is 5.82 Å². The Balaban J connectivity index is 1.07. The van der Waals surface area contributed by atoms with Crippen molar-refractivity contribution in [2.75, 3.05) is 0 Å². The summed E-state index contributed by atoms with van der Waals surface area (Å²) in [5.74, 6) is 1.52. The van der Waals surface area contributed by atoms with Crippen LogP contribution in [-0.4, -0.2) is 15.2 Å². The van der Waals surface area contributed by atoms with Crippen molar-refractivity contribution in [1.29, 1.82) is 0 Å². The zero-order chi connectivity index (χ0) is 28.4. The van der Waals surface area contributed by atoms with E-state index in [0.29, 0.717) is 17.1 Å². The van der Waals surface area contributed by atoms with E-state index in [1.54, 1.807) is 11.1 Å². The first-order valence-electron chi connectivity index (χ1n) is 15.9. The van der Waals surface area contributed by atoms with Gasteiger partial charge in [-0.2, -0.15) is 0 Å². The molecule has 1 saturated carbocycles. The summed E-state index contributed by atoms with van der Waals surface area (Å²) < 4.78 is 0. The van der Waals surface area contributed by atoms with Gasteiger partial charge in [0.25, 0.3) is 0 Å². The minimum atomic E-state index is 0.249. The highest BCUT2D eigenvalue weighted by Gasteiger charge is 2.46. The van der Waals surface area contributed by atoms with Gasteiger partial charge in [-0.15, -0.1) is 11.8 Å². The molecule has 1 fully saturated rings. The monoisotopic (exact) mass is 574 g/mol. The van der Waals surface area contributed by atoms with E-state index < -0.39 is 0 Å². The van der Waals surface area contributed by atoms with E-state index in [4.69, 9.17) is 9.97 Å². The second-order valence-electron chi connectivity index (χ2n) is 12.7. The molecular weight excluding hydrogens is 541 g/mol. The molecule has 4 aliphatic carbocycles. The summed E-state index contributed by atoms with van der Waals surface area (Å²) in [5.41, 5.74) is 12.4. The molecule has 1 aliphatic heterocycles. The number of hydrogen-bond acceptors (Lipinski definition) is 3. The normalized spacial score (nSPS) is 24.1. The molecule has 0 amide bonds. The maximum absolute atomic E-state index is 5.21. The Labute approximate surface area is 258 Å². The number of allylic oxidation sites excluding steroid dienone is 7. The van der Waals surface area contributed by atoms with Gasteiger partial charge in [-0.25, -0.2) is 9.97 Å².